The van der Waals surface area contributed by atoms with Gasteiger partial charge in [0.05, 0.1) is 8.07 Å². The van der Waals surface area contributed by atoms with Crippen LogP contribution in [0.15, 0.2) is 24.3 Å². The van der Waals surface area contributed by atoms with Gasteiger partial charge in [-0.2, -0.15) is 0 Å². The smallest absolute Gasteiger partial charge is 0.303 e. The van der Waals surface area contributed by atoms with Crippen LogP contribution in [-0.4, -0.2) is 14.0 Å². The molecule has 0 saturated heterocycles. The van der Waals surface area contributed by atoms with Gasteiger partial charge in [-0.05, 0) is 12.0 Å². The number of carbonyl (C=O) groups excluding carboxylic acids is 1. The van der Waals surface area contributed by atoms with Crippen molar-refractivity contribution in [1.82, 2.24) is 0 Å². The molecule has 0 aliphatic carbocycles. The molecule has 0 aromatic heterocycles. The van der Waals surface area contributed by atoms with Gasteiger partial charge in [-0.25, -0.2) is 0 Å². The minimum Gasteiger partial charge on any atom is -0.458 e. The van der Waals surface area contributed by atoms with Gasteiger partial charge in [-0.3, -0.25) is 4.79 Å². The van der Waals surface area contributed by atoms with Crippen LogP contribution in [0.4, 0.5) is 0 Å². The summed E-state index contributed by atoms with van der Waals surface area (Å²) in [5, 5.41) is 1.41. The highest BCUT2D eigenvalue weighted by Gasteiger charge is 2.19. The van der Waals surface area contributed by atoms with Crippen LogP contribution < -0.4 is 5.19 Å². The van der Waals surface area contributed by atoms with Crippen molar-refractivity contribution in [2.45, 2.75) is 52.4 Å². The number of hydrogen-bond donors (Lipinski definition) is 0. The third-order valence-corrected chi connectivity index (χ3v) is 5.03. The number of ether oxygens (including phenoxy) is 1. The number of benzene rings is 1. The molecule has 0 N–H and O–H groups in total. The van der Waals surface area contributed by atoms with Crippen LogP contribution in [-0.2, 0) is 9.53 Å². The van der Waals surface area contributed by atoms with E-state index in [1.165, 1.54) is 12.1 Å². The van der Waals surface area contributed by atoms with Crippen molar-refractivity contribution in [3.05, 3.63) is 29.8 Å². The monoisotopic (exact) mass is 264 g/mol. The molecule has 0 amide bonds. The summed E-state index contributed by atoms with van der Waals surface area (Å²) < 4.78 is 5.42. The van der Waals surface area contributed by atoms with Gasteiger partial charge in [-0.1, -0.05) is 62.4 Å². The lowest BCUT2D eigenvalue weighted by atomic mass is 10.1. The molecule has 0 fully saturated rings. The third kappa shape index (κ3) is 4.30. The zero-order chi connectivity index (χ0) is 13.8. The predicted octanol–water partition coefficient (Wildman–Crippen LogP) is 3.64. The van der Waals surface area contributed by atoms with E-state index in [1.807, 2.05) is 0 Å². The van der Waals surface area contributed by atoms with Gasteiger partial charge >= 0.3 is 5.97 Å². The Labute approximate surface area is 111 Å². The van der Waals surface area contributed by atoms with Crippen molar-refractivity contribution in [3.8, 4) is 0 Å². The van der Waals surface area contributed by atoms with Crippen molar-refractivity contribution in [2.24, 2.45) is 0 Å². The van der Waals surface area contributed by atoms with Gasteiger partial charge in [0.2, 0.25) is 0 Å². The zero-order valence-corrected chi connectivity index (χ0v) is 13.1. The summed E-state index contributed by atoms with van der Waals surface area (Å²) in [6.07, 6.45) is 1.80. The van der Waals surface area contributed by atoms with Crippen LogP contribution in [0.1, 0.15) is 38.4 Å². The molecule has 1 aromatic carbocycles. The summed E-state index contributed by atoms with van der Waals surface area (Å²) >= 11 is 0. The summed E-state index contributed by atoms with van der Waals surface area (Å²) in [5.74, 6) is -0.202. The Hall–Kier alpha value is -1.09. The van der Waals surface area contributed by atoms with E-state index in [-0.39, 0.29) is 12.1 Å². The van der Waals surface area contributed by atoms with E-state index < -0.39 is 8.07 Å². The highest BCUT2D eigenvalue weighted by atomic mass is 28.3. The predicted molar refractivity (Wildman–Crippen MR) is 78.8 cm³/mol. The van der Waals surface area contributed by atoms with E-state index in [0.29, 0.717) is 0 Å². The number of carbonyl (C=O) groups is 1. The fourth-order valence-corrected chi connectivity index (χ4v) is 3.16. The van der Waals surface area contributed by atoms with Crippen LogP contribution in [0.3, 0.4) is 0 Å². The minimum atomic E-state index is -1.31. The van der Waals surface area contributed by atoms with Gasteiger partial charge in [0.25, 0.3) is 0 Å². The Morgan fingerprint density at radius 2 is 2.00 bits per heavy atom. The Balaban J connectivity index is 3.01. The van der Waals surface area contributed by atoms with E-state index in [9.17, 15) is 4.79 Å². The maximum atomic E-state index is 11.2. The summed E-state index contributed by atoms with van der Waals surface area (Å²) in [6, 6.07) is 8.55. The Kier molecular flexibility index (Phi) is 5.14. The van der Waals surface area contributed by atoms with Crippen molar-refractivity contribution in [2.75, 3.05) is 0 Å². The van der Waals surface area contributed by atoms with Crippen LogP contribution in [0.5, 0.6) is 0 Å². The number of rotatable bonds is 5. The van der Waals surface area contributed by atoms with Gasteiger partial charge < -0.3 is 4.74 Å². The first kappa shape index (κ1) is 15.0. The second kappa shape index (κ2) is 6.18. The van der Waals surface area contributed by atoms with Gasteiger partial charge in [-0.15, -0.1) is 0 Å². The van der Waals surface area contributed by atoms with Crippen molar-refractivity contribution in [1.29, 1.82) is 0 Å². The lowest BCUT2D eigenvalue weighted by Crippen LogP contribution is -2.37. The van der Waals surface area contributed by atoms with Gasteiger partial charge in [0.15, 0.2) is 0 Å². The van der Waals surface area contributed by atoms with Crippen LogP contribution >= 0.6 is 0 Å². The van der Waals surface area contributed by atoms with Crippen molar-refractivity contribution >= 4 is 19.2 Å². The first-order valence-electron chi connectivity index (χ1n) is 6.62. The summed E-state index contributed by atoms with van der Waals surface area (Å²) in [6.45, 7) is 10.6. The summed E-state index contributed by atoms with van der Waals surface area (Å²) in [4.78, 5) is 11.2. The molecule has 0 unspecified atom stereocenters. The molecule has 0 saturated carbocycles. The van der Waals surface area contributed by atoms with Crippen LogP contribution in [0.2, 0.25) is 19.6 Å². The quantitative estimate of drug-likeness (QED) is 0.599. The van der Waals surface area contributed by atoms with Crippen LogP contribution in [0, 0.1) is 0 Å². The normalized spacial score (nSPS) is 13.2. The van der Waals surface area contributed by atoms with Crippen molar-refractivity contribution in [3.63, 3.8) is 0 Å². The molecule has 2 nitrogen and oxygen atoms in total. The second-order valence-electron chi connectivity index (χ2n) is 5.76. The molecular weight excluding hydrogens is 240 g/mol. The summed E-state index contributed by atoms with van der Waals surface area (Å²) in [5.41, 5.74) is 1.13. The van der Waals surface area contributed by atoms with Gasteiger partial charge in [0, 0.05) is 6.92 Å². The first-order valence-corrected chi connectivity index (χ1v) is 10.1. The van der Waals surface area contributed by atoms with E-state index in [2.05, 4.69) is 50.8 Å². The van der Waals surface area contributed by atoms with E-state index in [4.69, 9.17) is 4.74 Å². The lowest BCUT2D eigenvalue weighted by molar-refractivity contribution is -0.147. The molecule has 1 atom stereocenters. The third-order valence-electron chi connectivity index (χ3n) is 2.98. The number of hydrogen-bond acceptors (Lipinski definition) is 2. The lowest BCUT2D eigenvalue weighted by Gasteiger charge is -2.21. The van der Waals surface area contributed by atoms with E-state index >= 15 is 0 Å². The molecule has 0 aliphatic heterocycles. The standard InChI is InChI=1S/C15H24O2Si/c1-6-8-15(17-12(2)16)13-9-7-10-14(11-13)18(3,4)5/h7,9-11,15H,6,8H2,1-5H3/t15-/m1/s1. The second-order valence-corrected chi connectivity index (χ2v) is 10.8. The molecule has 0 heterocycles. The molecule has 18 heavy (non-hydrogen) atoms. The highest BCUT2D eigenvalue weighted by Crippen LogP contribution is 2.22. The Morgan fingerprint density at radius 3 is 2.50 bits per heavy atom. The Morgan fingerprint density at radius 1 is 1.33 bits per heavy atom. The SMILES string of the molecule is CCC[C@@H](OC(C)=O)c1cccc([Si](C)(C)C)c1. The Bertz CT molecular complexity index is 407. The van der Waals surface area contributed by atoms with Gasteiger partial charge in [0.1, 0.15) is 6.10 Å². The van der Waals surface area contributed by atoms with Crippen molar-refractivity contribution < 1.29 is 9.53 Å². The molecule has 0 spiro atoms. The van der Waals surface area contributed by atoms with Crippen LogP contribution in [0.25, 0.3) is 0 Å². The molecular formula is C15H24O2Si. The number of esters is 1. The maximum absolute atomic E-state index is 11.2. The largest absolute Gasteiger partial charge is 0.458 e. The maximum Gasteiger partial charge on any atom is 0.303 e. The van der Waals surface area contributed by atoms with E-state index in [1.54, 1.807) is 0 Å². The molecule has 3 heteroatoms. The first-order chi connectivity index (χ1) is 8.34. The average molecular weight is 264 g/mol. The zero-order valence-electron chi connectivity index (χ0n) is 12.1. The highest BCUT2D eigenvalue weighted by molar-refractivity contribution is 6.88. The van der Waals surface area contributed by atoms with E-state index in [0.717, 1.165) is 18.4 Å². The molecule has 1 aromatic rings. The minimum absolute atomic E-state index is 0.0937. The summed E-state index contributed by atoms with van der Waals surface area (Å²) in [7, 11) is -1.31. The molecule has 0 bridgehead atoms. The molecule has 100 valence electrons. The molecule has 1 rings (SSSR count). The fraction of sp³-hybridized carbons (Fsp3) is 0.533. The molecule has 0 aliphatic rings. The average Bonchev–Trinajstić information content (AvgIpc) is 2.27. The fourth-order valence-electron chi connectivity index (χ4n) is 1.96. The molecule has 0 radical (unpaired) electrons. The topological polar surface area (TPSA) is 26.3 Å².